The van der Waals surface area contributed by atoms with Gasteiger partial charge in [-0.2, -0.15) is 0 Å². The van der Waals surface area contributed by atoms with Crippen molar-refractivity contribution in [1.82, 2.24) is 0 Å². The molecule has 0 atom stereocenters. The highest BCUT2D eigenvalue weighted by Gasteiger charge is 1.97. The molecule has 0 saturated carbocycles. The zero-order chi connectivity index (χ0) is 9.68. The van der Waals surface area contributed by atoms with Crippen LogP contribution in [0.25, 0.3) is 0 Å². The van der Waals surface area contributed by atoms with Gasteiger partial charge in [0.15, 0.2) is 0 Å². The van der Waals surface area contributed by atoms with Crippen molar-refractivity contribution in [2.75, 3.05) is 0 Å². The second kappa shape index (κ2) is 4.35. The Hall–Kier alpha value is -1.71. The second-order valence-corrected chi connectivity index (χ2v) is 2.72. The lowest BCUT2D eigenvalue weighted by Gasteiger charge is -1.97. The number of nitrogens with zero attached hydrogens (tertiary/aromatic N) is 1. The van der Waals surface area contributed by atoms with Crippen molar-refractivity contribution >= 4 is 11.6 Å². The topological polar surface area (TPSA) is 72.5 Å². The number of carbonyl (C=O) groups is 1. The molecule has 4 nitrogen and oxygen atoms in total. The summed E-state index contributed by atoms with van der Waals surface area (Å²) in [5, 5.41) is 2.77. The quantitative estimate of drug-likeness (QED) is 0.709. The minimum Gasteiger partial charge on any atom is -0.370 e. The lowest BCUT2D eigenvalue weighted by Crippen LogP contribution is -2.11. The molecule has 1 rings (SSSR count). The van der Waals surface area contributed by atoms with Gasteiger partial charge in [0.05, 0.1) is 0 Å². The fraction of sp³-hybridized carbons (Fsp3) is 0.222. The Morgan fingerprint density at radius 3 is 2.38 bits per heavy atom. The Morgan fingerprint density at radius 1 is 1.31 bits per heavy atom. The monoisotopic (exact) mass is 178 g/mol. The molecule has 4 heteroatoms. The molecule has 0 heterocycles. The molecule has 1 amide bonds. The van der Waals surface area contributed by atoms with Gasteiger partial charge < -0.3 is 5.73 Å². The van der Waals surface area contributed by atoms with Crippen molar-refractivity contribution in [3.63, 3.8) is 0 Å². The van der Waals surface area contributed by atoms with Crippen LogP contribution in [0.3, 0.4) is 0 Å². The molecule has 2 N–H and O–H groups in total. The first-order valence-corrected chi connectivity index (χ1v) is 3.93. The highest BCUT2D eigenvalue weighted by atomic mass is 16.3. The SMILES string of the molecule is NC(=O)CCc1ccc(N=O)cc1. The third kappa shape index (κ3) is 3.02. The fourth-order valence-electron chi connectivity index (χ4n) is 0.991. The summed E-state index contributed by atoms with van der Waals surface area (Å²) in [5.41, 5.74) is 6.36. The Kier molecular flexibility index (Phi) is 3.14. The summed E-state index contributed by atoms with van der Waals surface area (Å²) < 4.78 is 0. The molecule has 0 saturated heterocycles. The first kappa shape index (κ1) is 9.38. The average Bonchev–Trinajstić information content (AvgIpc) is 2.15. The van der Waals surface area contributed by atoms with Crippen molar-refractivity contribution in [3.8, 4) is 0 Å². The molecule has 0 radical (unpaired) electrons. The maximum Gasteiger partial charge on any atom is 0.217 e. The van der Waals surface area contributed by atoms with Gasteiger partial charge in [0.25, 0.3) is 0 Å². The summed E-state index contributed by atoms with van der Waals surface area (Å²) in [4.78, 5) is 20.5. The molecule has 0 aliphatic carbocycles. The van der Waals surface area contributed by atoms with E-state index < -0.39 is 0 Å². The summed E-state index contributed by atoms with van der Waals surface area (Å²) in [6.45, 7) is 0. The number of benzene rings is 1. The third-order valence-corrected chi connectivity index (χ3v) is 1.70. The van der Waals surface area contributed by atoms with Crippen LogP contribution in [0.1, 0.15) is 12.0 Å². The maximum atomic E-state index is 10.4. The number of nitroso groups, excluding NO2 is 1. The van der Waals surface area contributed by atoms with Crippen LogP contribution in [0, 0.1) is 4.91 Å². The summed E-state index contributed by atoms with van der Waals surface area (Å²) in [6, 6.07) is 6.76. The van der Waals surface area contributed by atoms with Crippen molar-refractivity contribution in [2.45, 2.75) is 12.8 Å². The molecular formula is C9H10N2O2. The van der Waals surface area contributed by atoms with Crippen LogP contribution < -0.4 is 5.73 Å². The molecule has 0 unspecified atom stereocenters. The van der Waals surface area contributed by atoms with E-state index in [1.165, 1.54) is 0 Å². The number of hydrogen-bond donors (Lipinski definition) is 1. The zero-order valence-electron chi connectivity index (χ0n) is 7.06. The first-order chi connectivity index (χ1) is 6.22. The number of aryl methyl sites for hydroxylation is 1. The highest BCUT2D eigenvalue weighted by Crippen LogP contribution is 2.13. The minimum atomic E-state index is -0.322. The summed E-state index contributed by atoms with van der Waals surface area (Å²) >= 11 is 0. The number of hydrogen-bond acceptors (Lipinski definition) is 3. The van der Waals surface area contributed by atoms with Crippen molar-refractivity contribution in [3.05, 3.63) is 34.7 Å². The van der Waals surface area contributed by atoms with Gasteiger partial charge in [-0.25, -0.2) is 0 Å². The molecule has 1 aromatic rings. The molecule has 0 spiro atoms. The second-order valence-electron chi connectivity index (χ2n) is 2.72. The van der Waals surface area contributed by atoms with Gasteiger partial charge >= 0.3 is 0 Å². The van der Waals surface area contributed by atoms with Gasteiger partial charge in [-0.15, -0.1) is 4.91 Å². The van der Waals surface area contributed by atoms with Crippen molar-refractivity contribution in [2.24, 2.45) is 10.9 Å². The number of amides is 1. The molecule has 0 aliphatic heterocycles. The summed E-state index contributed by atoms with van der Waals surface area (Å²) in [5.74, 6) is -0.322. The Morgan fingerprint density at radius 2 is 1.92 bits per heavy atom. The van der Waals surface area contributed by atoms with E-state index in [0.29, 0.717) is 18.5 Å². The van der Waals surface area contributed by atoms with Crippen LogP contribution in [0.5, 0.6) is 0 Å². The Balaban J connectivity index is 2.59. The predicted octanol–water partition coefficient (Wildman–Crippen LogP) is 1.50. The minimum absolute atomic E-state index is 0.322. The first-order valence-electron chi connectivity index (χ1n) is 3.93. The van der Waals surface area contributed by atoms with E-state index in [-0.39, 0.29) is 5.91 Å². The van der Waals surface area contributed by atoms with Gasteiger partial charge in [-0.1, -0.05) is 12.1 Å². The number of rotatable bonds is 4. The summed E-state index contributed by atoms with van der Waals surface area (Å²) in [7, 11) is 0. The Labute approximate surface area is 75.7 Å². The molecular weight excluding hydrogens is 168 g/mol. The van der Waals surface area contributed by atoms with Crippen LogP contribution in [-0.2, 0) is 11.2 Å². The molecule has 68 valence electrons. The van der Waals surface area contributed by atoms with Gasteiger partial charge in [-0.3, -0.25) is 4.79 Å². The zero-order valence-corrected chi connectivity index (χ0v) is 7.06. The van der Waals surface area contributed by atoms with Crippen LogP contribution in [0.2, 0.25) is 0 Å². The average molecular weight is 178 g/mol. The molecule has 1 aromatic carbocycles. The molecule has 13 heavy (non-hydrogen) atoms. The van der Waals surface area contributed by atoms with Gasteiger partial charge in [0.1, 0.15) is 5.69 Å². The number of carbonyl (C=O) groups excluding carboxylic acids is 1. The third-order valence-electron chi connectivity index (χ3n) is 1.70. The molecule has 0 aliphatic rings. The number of primary amides is 1. The van der Waals surface area contributed by atoms with E-state index in [0.717, 1.165) is 5.56 Å². The van der Waals surface area contributed by atoms with E-state index in [2.05, 4.69) is 5.18 Å². The normalized spacial score (nSPS) is 9.54. The van der Waals surface area contributed by atoms with E-state index in [1.54, 1.807) is 24.3 Å². The van der Waals surface area contributed by atoms with Crippen LogP contribution in [-0.4, -0.2) is 5.91 Å². The standard InChI is InChI=1S/C9H10N2O2/c10-9(12)6-3-7-1-4-8(11-13)5-2-7/h1-2,4-5H,3,6H2,(H2,10,12). The number of nitrogens with two attached hydrogens (primary N) is 1. The smallest absolute Gasteiger partial charge is 0.217 e. The van der Waals surface area contributed by atoms with Crippen molar-refractivity contribution in [1.29, 1.82) is 0 Å². The molecule has 0 bridgehead atoms. The van der Waals surface area contributed by atoms with Crippen LogP contribution in [0.4, 0.5) is 5.69 Å². The Bertz CT molecular complexity index is 306. The molecule has 0 aromatic heterocycles. The lowest BCUT2D eigenvalue weighted by atomic mass is 10.1. The maximum absolute atomic E-state index is 10.4. The van der Waals surface area contributed by atoms with Crippen LogP contribution in [0.15, 0.2) is 29.4 Å². The summed E-state index contributed by atoms with van der Waals surface area (Å²) in [6.07, 6.45) is 0.933. The van der Waals surface area contributed by atoms with E-state index in [4.69, 9.17) is 5.73 Å². The van der Waals surface area contributed by atoms with E-state index in [9.17, 15) is 9.70 Å². The van der Waals surface area contributed by atoms with E-state index in [1.807, 2.05) is 0 Å². The van der Waals surface area contributed by atoms with Gasteiger partial charge in [-0.05, 0) is 29.3 Å². The predicted molar refractivity (Wildman–Crippen MR) is 49.4 cm³/mol. The lowest BCUT2D eigenvalue weighted by molar-refractivity contribution is -0.117. The largest absolute Gasteiger partial charge is 0.370 e. The fourth-order valence-corrected chi connectivity index (χ4v) is 0.991. The van der Waals surface area contributed by atoms with Gasteiger partial charge in [0.2, 0.25) is 5.91 Å². The van der Waals surface area contributed by atoms with Gasteiger partial charge in [0, 0.05) is 6.42 Å². The van der Waals surface area contributed by atoms with Crippen LogP contribution >= 0.6 is 0 Å². The van der Waals surface area contributed by atoms with E-state index >= 15 is 0 Å². The molecule has 0 fully saturated rings. The highest BCUT2D eigenvalue weighted by molar-refractivity contribution is 5.74. The van der Waals surface area contributed by atoms with Crippen molar-refractivity contribution < 1.29 is 4.79 Å².